The van der Waals surface area contributed by atoms with Crippen LogP contribution in [0.3, 0.4) is 0 Å². The van der Waals surface area contributed by atoms with E-state index in [2.05, 4.69) is 20.6 Å². The number of rotatable bonds is 9. The summed E-state index contributed by atoms with van der Waals surface area (Å²) in [6, 6.07) is 22.8. The average Bonchev–Trinajstić information content (AvgIpc) is 3.34. The SMILES string of the molecule is COc1ccc(Nc2nc3cc(N(C)c4ccnc(Nc5ccc(C(C)S(C)(=O)=O)cc5)n4)ccc3n2C)cc1.O=C(O)C(F)(F)F. The molecule has 2 heterocycles. The molecule has 0 saturated carbocycles. The van der Waals surface area contributed by atoms with Gasteiger partial charge in [0.15, 0.2) is 9.84 Å². The molecule has 0 saturated heterocycles. The Bertz CT molecular complexity index is 1970. The molecule has 5 aromatic rings. The van der Waals surface area contributed by atoms with Gasteiger partial charge in [-0.1, -0.05) is 12.1 Å². The first-order valence-electron chi connectivity index (χ1n) is 13.9. The highest BCUT2D eigenvalue weighted by Gasteiger charge is 2.38. The fourth-order valence-electron chi connectivity index (χ4n) is 4.25. The fourth-order valence-corrected chi connectivity index (χ4v) is 4.91. The molecule has 0 aliphatic carbocycles. The number of aryl methyl sites for hydroxylation is 1. The molecule has 0 spiro atoms. The van der Waals surface area contributed by atoms with Crippen molar-refractivity contribution in [2.24, 2.45) is 7.05 Å². The van der Waals surface area contributed by atoms with E-state index in [1.807, 2.05) is 84.2 Å². The third kappa shape index (κ3) is 8.66. The maximum absolute atomic E-state index is 11.9. The number of halogens is 3. The van der Waals surface area contributed by atoms with Crippen LogP contribution in [0.25, 0.3) is 11.0 Å². The molecular weight excluding hydrogens is 639 g/mol. The molecule has 0 amide bonds. The molecule has 0 radical (unpaired) electrons. The minimum atomic E-state index is -5.08. The second kappa shape index (κ2) is 13.9. The van der Waals surface area contributed by atoms with Crippen LogP contribution in [-0.2, 0) is 21.7 Å². The summed E-state index contributed by atoms with van der Waals surface area (Å²) < 4.78 is 62.7. The van der Waals surface area contributed by atoms with Gasteiger partial charge in [-0.25, -0.2) is 23.2 Å². The maximum atomic E-state index is 11.9. The van der Waals surface area contributed by atoms with Crippen LogP contribution < -0.4 is 20.3 Å². The minimum Gasteiger partial charge on any atom is -0.497 e. The van der Waals surface area contributed by atoms with Gasteiger partial charge in [0.1, 0.15) is 11.6 Å². The van der Waals surface area contributed by atoms with Crippen molar-refractivity contribution < 1.29 is 36.2 Å². The van der Waals surface area contributed by atoms with Crippen LogP contribution in [0.5, 0.6) is 5.75 Å². The average molecular weight is 672 g/mol. The van der Waals surface area contributed by atoms with Crippen molar-refractivity contribution in [3.8, 4) is 5.75 Å². The Balaban J connectivity index is 0.000000644. The van der Waals surface area contributed by atoms with Gasteiger partial charge in [0, 0.05) is 43.6 Å². The molecule has 1 unspecified atom stereocenters. The number of aromatic nitrogens is 4. The number of anilines is 6. The number of methoxy groups -OCH3 is 1. The summed E-state index contributed by atoms with van der Waals surface area (Å²) in [5.74, 6) is -0.105. The summed E-state index contributed by atoms with van der Waals surface area (Å²) in [7, 11) is 2.39. The number of ether oxygens (including phenoxy) is 1. The third-order valence-electron chi connectivity index (χ3n) is 7.10. The predicted molar refractivity (Wildman–Crippen MR) is 174 cm³/mol. The number of hydrogen-bond acceptors (Lipinski definition) is 10. The Morgan fingerprint density at radius 2 is 1.57 bits per heavy atom. The molecule has 3 N–H and O–H groups in total. The molecule has 0 aliphatic heterocycles. The Kier molecular flexibility index (Phi) is 10.2. The first-order chi connectivity index (χ1) is 22.1. The molecule has 0 fully saturated rings. The van der Waals surface area contributed by atoms with Crippen molar-refractivity contribution in [1.29, 1.82) is 0 Å². The summed E-state index contributed by atoms with van der Waals surface area (Å²) in [5, 5.41) is 13.1. The predicted octanol–water partition coefficient (Wildman–Crippen LogP) is 6.37. The number of carbonyl (C=O) groups is 1. The summed E-state index contributed by atoms with van der Waals surface area (Å²) in [4.78, 5) is 24.7. The van der Waals surface area contributed by atoms with Crippen molar-refractivity contribution in [1.82, 2.24) is 19.5 Å². The third-order valence-corrected chi connectivity index (χ3v) is 8.66. The van der Waals surface area contributed by atoms with E-state index in [4.69, 9.17) is 19.6 Å². The van der Waals surface area contributed by atoms with Gasteiger partial charge in [-0.15, -0.1) is 0 Å². The zero-order chi connectivity index (χ0) is 34.5. The van der Waals surface area contributed by atoms with Crippen LogP contribution in [0.2, 0.25) is 0 Å². The number of fused-ring (bicyclic) bond motifs is 1. The summed E-state index contributed by atoms with van der Waals surface area (Å²) in [5.41, 5.74) is 5.17. The molecule has 248 valence electrons. The van der Waals surface area contributed by atoms with Crippen molar-refractivity contribution in [2.75, 3.05) is 35.9 Å². The van der Waals surface area contributed by atoms with Crippen molar-refractivity contribution >= 4 is 61.6 Å². The van der Waals surface area contributed by atoms with Gasteiger partial charge in [0.25, 0.3) is 0 Å². The van der Waals surface area contributed by atoms with E-state index in [0.29, 0.717) is 11.8 Å². The lowest BCUT2D eigenvalue weighted by molar-refractivity contribution is -0.192. The molecule has 0 aliphatic rings. The van der Waals surface area contributed by atoms with Crippen molar-refractivity contribution in [2.45, 2.75) is 18.3 Å². The smallest absolute Gasteiger partial charge is 0.490 e. The van der Waals surface area contributed by atoms with E-state index in [0.717, 1.165) is 45.4 Å². The number of aliphatic carboxylic acids is 1. The number of sulfone groups is 1. The van der Waals surface area contributed by atoms with E-state index >= 15 is 0 Å². The van der Waals surface area contributed by atoms with Gasteiger partial charge in [-0.2, -0.15) is 18.2 Å². The van der Waals surface area contributed by atoms with Gasteiger partial charge in [-0.05, 0) is 73.2 Å². The first-order valence-corrected chi connectivity index (χ1v) is 15.8. The van der Waals surface area contributed by atoms with Crippen molar-refractivity contribution in [3.05, 3.63) is 84.6 Å². The molecule has 3 aromatic carbocycles. The lowest BCUT2D eigenvalue weighted by Gasteiger charge is -2.19. The largest absolute Gasteiger partial charge is 0.497 e. The normalized spacial score (nSPS) is 12.1. The van der Waals surface area contributed by atoms with Crippen LogP contribution in [-0.4, -0.2) is 65.6 Å². The van der Waals surface area contributed by atoms with E-state index in [1.54, 1.807) is 32.4 Å². The van der Waals surface area contributed by atoms with Gasteiger partial charge in [0.05, 0.1) is 23.4 Å². The monoisotopic (exact) mass is 671 g/mol. The van der Waals surface area contributed by atoms with Gasteiger partial charge in [-0.3, -0.25) is 0 Å². The maximum Gasteiger partial charge on any atom is 0.490 e. The summed E-state index contributed by atoms with van der Waals surface area (Å²) in [6.07, 6.45) is -2.15. The highest BCUT2D eigenvalue weighted by atomic mass is 32.2. The van der Waals surface area contributed by atoms with Crippen LogP contribution >= 0.6 is 0 Å². The molecular formula is C31H32F3N7O5S. The number of imidazole rings is 1. The number of hydrogen-bond donors (Lipinski definition) is 3. The lowest BCUT2D eigenvalue weighted by Crippen LogP contribution is -2.21. The molecule has 0 bridgehead atoms. The Hall–Kier alpha value is -5.38. The quantitative estimate of drug-likeness (QED) is 0.160. The second-order valence-electron chi connectivity index (χ2n) is 10.3. The van der Waals surface area contributed by atoms with E-state index in [9.17, 15) is 21.6 Å². The van der Waals surface area contributed by atoms with Crippen LogP contribution in [0.1, 0.15) is 17.7 Å². The second-order valence-corrected chi connectivity index (χ2v) is 12.7. The van der Waals surface area contributed by atoms with Crippen LogP contribution in [0.4, 0.5) is 47.9 Å². The number of benzene rings is 3. The highest BCUT2D eigenvalue weighted by Crippen LogP contribution is 2.29. The molecule has 12 nitrogen and oxygen atoms in total. The number of alkyl halides is 3. The molecule has 1 atom stereocenters. The Morgan fingerprint density at radius 3 is 2.15 bits per heavy atom. The standard InChI is InChI=1S/C29H31N7O3S.C2HF3O2/c1-19(40(5,37)38)20-6-8-21(9-7-20)31-28-30-17-16-27(34-28)35(2)23-12-15-26-25(18-23)33-29(36(26)3)32-22-10-13-24(39-4)14-11-22;3-2(4,5)1(6)7/h6-19H,1-5H3,(H,32,33)(H,30,31,34);(H,6,7). The number of carboxylic acids is 1. The van der Waals surface area contributed by atoms with Crippen LogP contribution in [0, 0.1) is 0 Å². The Morgan fingerprint density at radius 1 is 0.979 bits per heavy atom. The highest BCUT2D eigenvalue weighted by molar-refractivity contribution is 7.90. The molecule has 47 heavy (non-hydrogen) atoms. The van der Waals surface area contributed by atoms with E-state index in [1.165, 1.54) is 6.26 Å². The zero-order valence-corrected chi connectivity index (χ0v) is 26.8. The first kappa shape index (κ1) is 34.5. The zero-order valence-electron chi connectivity index (χ0n) is 25.9. The topological polar surface area (TPSA) is 152 Å². The lowest BCUT2D eigenvalue weighted by atomic mass is 10.1. The van der Waals surface area contributed by atoms with E-state index < -0.39 is 27.2 Å². The molecule has 5 rings (SSSR count). The molecule has 2 aromatic heterocycles. The Labute approximate surface area is 268 Å². The van der Waals surface area contributed by atoms with Gasteiger partial charge < -0.3 is 29.9 Å². The van der Waals surface area contributed by atoms with E-state index in [-0.39, 0.29) is 0 Å². The van der Waals surface area contributed by atoms with Gasteiger partial charge in [0.2, 0.25) is 11.9 Å². The summed E-state index contributed by atoms with van der Waals surface area (Å²) in [6.45, 7) is 1.68. The molecule has 16 heteroatoms. The number of nitrogens with one attached hydrogen (secondary N) is 2. The van der Waals surface area contributed by atoms with Crippen LogP contribution in [0.15, 0.2) is 79.0 Å². The number of carboxylic acid groups (broad SMARTS) is 1. The summed E-state index contributed by atoms with van der Waals surface area (Å²) >= 11 is 0. The van der Waals surface area contributed by atoms with Gasteiger partial charge >= 0.3 is 12.1 Å². The number of nitrogens with zero attached hydrogens (tertiary/aromatic N) is 5. The fraction of sp³-hybridized carbons (Fsp3) is 0.226. The van der Waals surface area contributed by atoms with Crippen molar-refractivity contribution in [3.63, 3.8) is 0 Å². The minimum absolute atomic E-state index is 0.429.